The molecule has 1 aromatic carbocycles. The van der Waals surface area contributed by atoms with E-state index >= 15 is 0 Å². The number of nitrogens with zero attached hydrogens (tertiary/aromatic N) is 1. The number of aromatic nitrogens is 1. The summed E-state index contributed by atoms with van der Waals surface area (Å²) in [5.74, 6) is 0. The molecule has 1 atom stereocenters. The van der Waals surface area contributed by atoms with Crippen molar-refractivity contribution in [1.29, 1.82) is 0 Å². The van der Waals surface area contributed by atoms with E-state index in [0.717, 1.165) is 31.4 Å². The fraction of sp³-hybridized carbons (Fsp3) is 0.214. The summed E-state index contributed by atoms with van der Waals surface area (Å²) in [5, 5.41) is 1.64. The van der Waals surface area contributed by atoms with Gasteiger partial charge in [0.1, 0.15) is 5.03 Å². The highest BCUT2D eigenvalue weighted by Crippen LogP contribution is 2.36. The highest BCUT2D eigenvalue weighted by Gasteiger charge is 2.08. The summed E-state index contributed by atoms with van der Waals surface area (Å²) in [4.78, 5) is 5.32. The third kappa shape index (κ3) is 4.21. The van der Waals surface area contributed by atoms with Crippen LogP contribution in [0.2, 0.25) is 5.02 Å². The average Bonchev–Trinajstić information content (AvgIpc) is 2.34. The second-order valence-corrected chi connectivity index (χ2v) is 6.63. The van der Waals surface area contributed by atoms with Crippen LogP contribution >= 0.6 is 39.3 Å². The second-order valence-electron chi connectivity index (χ2n) is 4.34. The van der Waals surface area contributed by atoms with Gasteiger partial charge >= 0.3 is 0 Å². The first-order valence-electron chi connectivity index (χ1n) is 5.88. The minimum Gasteiger partial charge on any atom is -0.328 e. The van der Waals surface area contributed by atoms with Crippen molar-refractivity contribution in [2.75, 3.05) is 0 Å². The van der Waals surface area contributed by atoms with Gasteiger partial charge in [0.2, 0.25) is 0 Å². The van der Waals surface area contributed by atoms with E-state index in [4.69, 9.17) is 17.3 Å². The number of pyridine rings is 1. The highest BCUT2D eigenvalue weighted by molar-refractivity contribution is 9.10. The average molecular weight is 358 g/mol. The van der Waals surface area contributed by atoms with Gasteiger partial charge in [0.15, 0.2) is 0 Å². The molecule has 1 heterocycles. The van der Waals surface area contributed by atoms with Crippen molar-refractivity contribution in [3.63, 3.8) is 0 Å². The standard InChI is InChI=1S/C14H14BrClN2S/c1-9(17)7-10-4-5-13(12(16)8-10)19-14-11(15)3-2-6-18-14/h2-6,8-9H,7,17H2,1H3. The van der Waals surface area contributed by atoms with Crippen molar-refractivity contribution in [2.24, 2.45) is 5.73 Å². The monoisotopic (exact) mass is 356 g/mol. The number of benzene rings is 1. The molecule has 0 aliphatic rings. The van der Waals surface area contributed by atoms with Crippen LogP contribution in [0.1, 0.15) is 12.5 Å². The molecule has 0 amide bonds. The first-order chi connectivity index (χ1) is 9.06. The molecule has 0 saturated carbocycles. The lowest BCUT2D eigenvalue weighted by Crippen LogP contribution is -2.17. The van der Waals surface area contributed by atoms with Crippen LogP contribution in [-0.2, 0) is 6.42 Å². The quantitative estimate of drug-likeness (QED) is 0.873. The zero-order valence-corrected chi connectivity index (χ0v) is 13.6. The Kier molecular flexibility index (Phi) is 5.28. The topological polar surface area (TPSA) is 38.9 Å². The first kappa shape index (κ1) is 14.9. The number of hydrogen-bond acceptors (Lipinski definition) is 3. The highest BCUT2D eigenvalue weighted by atomic mass is 79.9. The Morgan fingerprint density at radius 2 is 2.21 bits per heavy atom. The van der Waals surface area contributed by atoms with E-state index in [0.29, 0.717) is 0 Å². The Labute approximate surface area is 130 Å². The number of rotatable bonds is 4. The lowest BCUT2D eigenvalue weighted by Gasteiger charge is -2.09. The Balaban J connectivity index is 2.20. The van der Waals surface area contributed by atoms with Crippen LogP contribution in [0.3, 0.4) is 0 Å². The van der Waals surface area contributed by atoms with E-state index in [1.54, 1.807) is 18.0 Å². The van der Waals surface area contributed by atoms with Crippen molar-refractivity contribution in [1.82, 2.24) is 4.98 Å². The molecule has 0 spiro atoms. The predicted octanol–water partition coefficient (Wildman–Crippen LogP) is 4.54. The molecular formula is C14H14BrClN2S. The second kappa shape index (κ2) is 6.75. The van der Waals surface area contributed by atoms with Gasteiger partial charge in [-0.1, -0.05) is 29.4 Å². The molecule has 1 aromatic heterocycles. The van der Waals surface area contributed by atoms with E-state index in [9.17, 15) is 0 Å². The molecule has 2 nitrogen and oxygen atoms in total. The van der Waals surface area contributed by atoms with Gasteiger partial charge in [-0.15, -0.1) is 0 Å². The van der Waals surface area contributed by atoms with Crippen LogP contribution in [0.15, 0.2) is 50.9 Å². The van der Waals surface area contributed by atoms with Gasteiger partial charge in [0.25, 0.3) is 0 Å². The lowest BCUT2D eigenvalue weighted by molar-refractivity contribution is 0.738. The van der Waals surface area contributed by atoms with Crippen LogP contribution < -0.4 is 5.73 Å². The summed E-state index contributed by atoms with van der Waals surface area (Å²) in [6.07, 6.45) is 2.60. The van der Waals surface area contributed by atoms with Crippen molar-refractivity contribution in [3.05, 3.63) is 51.6 Å². The fourth-order valence-corrected chi connectivity index (χ4v) is 3.27. The van der Waals surface area contributed by atoms with Gasteiger partial charge < -0.3 is 5.73 Å². The zero-order valence-electron chi connectivity index (χ0n) is 10.4. The number of nitrogens with two attached hydrogens (primary N) is 1. The van der Waals surface area contributed by atoms with Crippen LogP contribution in [0.25, 0.3) is 0 Å². The van der Waals surface area contributed by atoms with Crippen molar-refractivity contribution < 1.29 is 0 Å². The molecule has 0 aliphatic carbocycles. The molecular weight excluding hydrogens is 344 g/mol. The summed E-state index contributed by atoms with van der Waals surface area (Å²) < 4.78 is 0.968. The third-order valence-corrected chi connectivity index (χ3v) is 4.91. The third-order valence-electron chi connectivity index (χ3n) is 2.49. The minimum atomic E-state index is 0.138. The van der Waals surface area contributed by atoms with Crippen LogP contribution in [-0.4, -0.2) is 11.0 Å². The van der Waals surface area contributed by atoms with Crippen molar-refractivity contribution in [3.8, 4) is 0 Å². The number of hydrogen-bond donors (Lipinski definition) is 1. The predicted molar refractivity (Wildman–Crippen MR) is 84.9 cm³/mol. The van der Waals surface area contributed by atoms with Gasteiger partial charge in [-0.2, -0.15) is 0 Å². The Bertz CT molecular complexity index is 575. The Morgan fingerprint density at radius 1 is 1.42 bits per heavy atom. The normalized spacial score (nSPS) is 12.4. The summed E-state index contributed by atoms with van der Waals surface area (Å²) in [5.41, 5.74) is 6.95. The Hall–Kier alpha value is -0.550. The summed E-state index contributed by atoms with van der Waals surface area (Å²) >= 11 is 11.3. The van der Waals surface area contributed by atoms with Gasteiger partial charge in [-0.05, 0) is 59.1 Å². The molecule has 5 heteroatoms. The molecule has 0 fully saturated rings. The summed E-state index contributed by atoms with van der Waals surface area (Å²) in [6, 6.07) is 10.1. The van der Waals surface area contributed by atoms with E-state index in [1.165, 1.54) is 0 Å². The Morgan fingerprint density at radius 3 is 2.84 bits per heavy atom. The van der Waals surface area contributed by atoms with Crippen LogP contribution in [0, 0.1) is 0 Å². The lowest BCUT2D eigenvalue weighted by atomic mass is 10.1. The first-order valence-corrected chi connectivity index (χ1v) is 7.87. The maximum absolute atomic E-state index is 6.31. The molecule has 0 bridgehead atoms. The van der Waals surface area contributed by atoms with Gasteiger partial charge in [-0.3, -0.25) is 0 Å². The maximum atomic E-state index is 6.31. The SMILES string of the molecule is CC(N)Cc1ccc(Sc2ncccc2Br)c(Cl)c1. The van der Waals surface area contributed by atoms with Gasteiger partial charge in [0.05, 0.1) is 9.50 Å². The molecule has 2 aromatic rings. The van der Waals surface area contributed by atoms with E-state index in [1.807, 2.05) is 31.2 Å². The van der Waals surface area contributed by atoms with Crippen LogP contribution in [0.4, 0.5) is 0 Å². The maximum Gasteiger partial charge on any atom is 0.115 e. The van der Waals surface area contributed by atoms with Crippen LogP contribution in [0.5, 0.6) is 0 Å². The van der Waals surface area contributed by atoms with Crippen molar-refractivity contribution in [2.45, 2.75) is 29.3 Å². The smallest absolute Gasteiger partial charge is 0.115 e. The molecule has 100 valence electrons. The molecule has 0 aliphatic heterocycles. The fourth-order valence-electron chi connectivity index (χ4n) is 1.68. The zero-order chi connectivity index (χ0) is 13.8. The molecule has 19 heavy (non-hydrogen) atoms. The van der Waals surface area contributed by atoms with Crippen molar-refractivity contribution >= 4 is 39.3 Å². The van der Waals surface area contributed by atoms with Gasteiger partial charge in [0, 0.05) is 17.1 Å². The molecule has 2 N–H and O–H groups in total. The molecule has 2 rings (SSSR count). The van der Waals surface area contributed by atoms with E-state index < -0.39 is 0 Å². The minimum absolute atomic E-state index is 0.138. The molecule has 0 radical (unpaired) electrons. The van der Waals surface area contributed by atoms with Gasteiger partial charge in [-0.25, -0.2) is 4.98 Å². The summed E-state index contributed by atoms with van der Waals surface area (Å²) in [6.45, 7) is 1.99. The van der Waals surface area contributed by atoms with E-state index in [-0.39, 0.29) is 6.04 Å². The summed E-state index contributed by atoms with van der Waals surface area (Å²) in [7, 11) is 0. The van der Waals surface area contributed by atoms with E-state index in [2.05, 4.69) is 27.0 Å². The molecule has 0 saturated heterocycles. The molecule has 1 unspecified atom stereocenters. The number of halogens is 2. The largest absolute Gasteiger partial charge is 0.328 e.